The minimum Gasteiger partial charge on any atom is -0.492 e. The van der Waals surface area contributed by atoms with E-state index in [1.54, 1.807) is 6.07 Å². The van der Waals surface area contributed by atoms with Gasteiger partial charge in [0.05, 0.1) is 13.2 Å². The highest BCUT2D eigenvalue weighted by Gasteiger charge is 2.24. The number of benzene rings is 1. The Labute approximate surface area is 150 Å². The van der Waals surface area contributed by atoms with Gasteiger partial charge in [0, 0.05) is 6.42 Å². The monoisotopic (exact) mass is 353 g/mol. The minimum absolute atomic E-state index is 0. The van der Waals surface area contributed by atoms with E-state index >= 15 is 0 Å². The Morgan fingerprint density at radius 2 is 2.12 bits per heavy atom. The van der Waals surface area contributed by atoms with E-state index in [4.69, 9.17) is 9.47 Å². The summed E-state index contributed by atoms with van der Waals surface area (Å²) in [6, 6.07) is 5.74. The largest absolute Gasteiger partial charge is 0.492 e. The number of nitrogens with zero attached hydrogens (tertiary/aromatic N) is 1. The predicted octanol–water partition coefficient (Wildman–Crippen LogP) is 3.71. The number of rotatable bonds is 6. The molecule has 0 atom stereocenters. The van der Waals surface area contributed by atoms with Gasteiger partial charge in [0.15, 0.2) is 0 Å². The van der Waals surface area contributed by atoms with Crippen molar-refractivity contribution in [3.05, 3.63) is 29.3 Å². The molecule has 0 saturated carbocycles. The van der Waals surface area contributed by atoms with Crippen LogP contribution in [-0.2, 0) is 11.2 Å². The van der Waals surface area contributed by atoms with E-state index in [1.165, 1.54) is 19.4 Å². The summed E-state index contributed by atoms with van der Waals surface area (Å²) in [5, 5.41) is 0. The number of carbonyl (C=O) groups is 1. The molecular formula is C19H28ClNO3. The third-order valence-corrected chi connectivity index (χ3v) is 4.92. The fourth-order valence-corrected chi connectivity index (χ4v) is 3.41. The molecule has 24 heavy (non-hydrogen) atoms. The SMILES string of the molecule is CCCCN1CCC(COC(=O)c2cccc3c2OCC3)CC1.Cl. The highest BCUT2D eigenvalue weighted by molar-refractivity contribution is 5.93. The van der Waals surface area contributed by atoms with Crippen LogP contribution in [0.5, 0.6) is 5.75 Å². The lowest BCUT2D eigenvalue weighted by atomic mass is 9.97. The van der Waals surface area contributed by atoms with Crippen LogP contribution in [0.4, 0.5) is 0 Å². The molecule has 5 heteroatoms. The Morgan fingerprint density at radius 3 is 2.88 bits per heavy atom. The molecule has 1 aromatic rings. The first-order valence-corrected chi connectivity index (χ1v) is 8.92. The van der Waals surface area contributed by atoms with Gasteiger partial charge in [0.2, 0.25) is 0 Å². The summed E-state index contributed by atoms with van der Waals surface area (Å²) < 4.78 is 11.2. The van der Waals surface area contributed by atoms with Crippen LogP contribution in [0, 0.1) is 5.92 Å². The second-order valence-corrected chi connectivity index (χ2v) is 6.63. The van der Waals surface area contributed by atoms with Crippen LogP contribution in [0.2, 0.25) is 0 Å². The van der Waals surface area contributed by atoms with Gasteiger partial charge >= 0.3 is 5.97 Å². The number of unbranched alkanes of at least 4 members (excludes halogenated alkanes) is 1. The third-order valence-electron chi connectivity index (χ3n) is 4.92. The molecule has 0 amide bonds. The number of para-hydroxylation sites is 1. The van der Waals surface area contributed by atoms with E-state index in [2.05, 4.69) is 11.8 Å². The fourth-order valence-electron chi connectivity index (χ4n) is 3.41. The van der Waals surface area contributed by atoms with Gasteiger partial charge in [-0.1, -0.05) is 25.5 Å². The maximum absolute atomic E-state index is 12.3. The van der Waals surface area contributed by atoms with E-state index in [0.29, 0.717) is 24.7 Å². The lowest BCUT2D eigenvalue weighted by Crippen LogP contribution is -2.36. The Hall–Kier alpha value is -1.26. The average Bonchev–Trinajstić information content (AvgIpc) is 3.07. The molecule has 2 heterocycles. The molecule has 0 unspecified atom stereocenters. The number of fused-ring (bicyclic) bond motifs is 1. The van der Waals surface area contributed by atoms with Crippen LogP contribution in [0.3, 0.4) is 0 Å². The van der Waals surface area contributed by atoms with Gasteiger partial charge in [-0.3, -0.25) is 0 Å². The number of carbonyl (C=O) groups excluding carboxylic acids is 1. The van der Waals surface area contributed by atoms with Crippen molar-refractivity contribution in [2.45, 2.75) is 39.0 Å². The van der Waals surface area contributed by atoms with Crippen molar-refractivity contribution in [3.63, 3.8) is 0 Å². The molecule has 0 aliphatic carbocycles. The van der Waals surface area contributed by atoms with E-state index in [9.17, 15) is 4.79 Å². The zero-order chi connectivity index (χ0) is 16.1. The van der Waals surface area contributed by atoms with Crippen molar-refractivity contribution in [1.29, 1.82) is 0 Å². The van der Waals surface area contributed by atoms with E-state index in [0.717, 1.165) is 43.7 Å². The standard InChI is InChI=1S/C19H27NO3.ClH/c1-2-3-10-20-11-7-15(8-12-20)14-23-19(21)17-6-4-5-16-9-13-22-18(16)17;/h4-6,15H,2-3,7-14H2,1H3;1H. The molecule has 2 aliphatic heterocycles. The molecule has 0 radical (unpaired) electrons. The lowest BCUT2D eigenvalue weighted by molar-refractivity contribution is 0.0368. The summed E-state index contributed by atoms with van der Waals surface area (Å²) in [5.74, 6) is 0.985. The van der Waals surface area contributed by atoms with Gasteiger partial charge in [-0.25, -0.2) is 4.79 Å². The first-order valence-electron chi connectivity index (χ1n) is 8.92. The highest BCUT2D eigenvalue weighted by atomic mass is 35.5. The predicted molar refractivity (Wildman–Crippen MR) is 97.2 cm³/mol. The maximum atomic E-state index is 12.3. The molecule has 1 fully saturated rings. The Kier molecular flexibility index (Phi) is 7.38. The van der Waals surface area contributed by atoms with Crippen LogP contribution >= 0.6 is 12.4 Å². The zero-order valence-corrected chi connectivity index (χ0v) is 15.3. The van der Waals surface area contributed by atoms with Crippen LogP contribution in [0.1, 0.15) is 48.5 Å². The summed E-state index contributed by atoms with van der Waals surface area (Å²) >= 11 is 0. The molecule has 2 aliphatic rings. The van der Waals surface area contributed by atoms with Crippen molar-refractivity contribution < 1.29 is 14.3 Å². The molecular weight excluding hydrogens is 326 g/mol. The van der Waals surface area contributed by atoms with Crippen molar-refractivity contribution >= 4 is 18.4 Å². The molecule has 3 rings (SSSR count). The topological polar surface area (TPSA) is 38.8 Å². The highest BCUT2D eigenvalue weighted by Crippen LogP contribution is 2.30. The minimum atomic E-state index is -0.239. The Morgan fingerprint density at radius 1 is 1.33 bits per heavy atom. The average molecular weight is 354 g/mol. The number of halogens is 1. The quantitative estimate of drug-likeness (QED) is 0.731. The summed E-state index contributed by atoms with van der Waals surface area (Å²) in [6.45, 7) is 6.89. The molecule has 1 aromatic carbocycles. The van der Waals surface area contributed by atoms with Gasteiger partial charge in [-0.05, 0) is 56.4 Å². The summed E-state index contributed by atoms with van der Waals surface area (Å²) in [7, 11) is 0. The van der Waals surface area contributed by atoms with E-state index < -0.39 is 0 Å². The van der Waals surface area contributed by atoms with Crippen LogP contribution in [0.15, 0.2) is 18.2 Å². The molecule has 0 spiro atoms. The normalized spacial score (nSPS) is 17.7. The van der Waals surface area contributed by atoms with Crippen LogP contribution < -0.4 is 4.74 Å². The van der Waals surface area contributed by atoms with Gasteiger partial charge in [-0.2, -0.15) is 0 Å². The second kappa shape index (κ2) is 9.28. The van der Waals surface area contributed by atoms with Crippen molar-refractivity contribution in [3.8, 4) is 5.75 Å². The molecule has 0 bridgehead atoms. The van der Waals surface area contributed by atoms with Crippen molar-refractivity contribution in [1.82, 2.24) is 4.90 Å². The first kappa shape index (κ1) is 19.1. The molecule has 0 aromatic heterocycles. The van der Waals surface area contributed by atoms with E-state index in [-0.39, 0.29) is 18.4 Å². The number of hydrogen-bond donors (Lipinski definition) is 0. The van der Waals surface area contributed by atoms with Gasteiger partial charge in [-0.15, -0.1) is 12.4 Å². The first-order chi connectivity index (χ1) is 11.3. The van der Waals surface area contributed by atoms with E-state index in [1.807, 2.05) is 12.1 Å². The van der Waals surface area contributed by atoms with Crippen LogP contribution in [-0.4, -0.2) is 43.7 Å². The molecule has 134 valence electrons. The smallest absolute Gasteiger partial charge is 0.341 e. The van der Waals surface area contributed by atoms with Gasteiger partial charge < -0.3 is 14.4 Å². The van der Waals surface area contributed by atoms with Gasteiger partial charge in [0.25, 0.3) is 0 Å². The summed E-state index contributed by atoms with van der Waals surface area (Å²) in [6.07, 6.45) is 5.66. The molecule has 0 N–H and O–H groups in total. The maximum Gasteiger partial charge on any atom is 0.341 e. The number of esters is 1. The summed E-state index contributed by atoms with van der Waals surface area (Å²) in [4.78, 5) is 14.9. The van der Waals surface area contributed by atoms with Crippen LogP contribution in [0.25, 0.3) is 0 Å². The Balaban J connectivity index is 0.00000208. The summed E-state index contributed by atoms with van der Waals surface area (Å²) in [5.41, 5.74) is 1.70. The zero-order valence-electron chi connectivity index (χ0n) is 14.5. The number of ether oxygens (including phenoxy) is 2. The second-order valence-electron chi connectivity index (χ2n) is 6.63. The number of likely N-dealkylation sites (tertiary alicyclic amines) is 1. The Bertz CT molecular complexity index is 541. The molecule has 1 saturated heterocycles. The van der Waals surface area contributed by atoms with Crippen molar-refractivity contribution in [2.75, 3.05) is 32.8 Å². The number of hydrogen-bond acceptors (Lipinski definition) is 4. The fraction of sp³-hybridized carbons (Fsp3) is 0.632. The number of piperidine rings is 1. The molecule has 4 nitrogen and oxygen atoms in total. The lowest BCUT2D eigenvalue weighted by Gasteiger charge is -2.31. The third kappa shape index (κ3) is 4.64. The van der Waals surface area contributed by atoms with Crippen molar-refractivity contribution in [2.24, 2.45) is 5.92 Å². The van der Waals surface area contributed by atoms with Gasteiger partial charge in [0.1, 0.15) is 11.3 Å².